The summed E-state index contributed by atoms with van der Waals surface area (Å²) in [7, 11) is 1.59. The number of rotatable bonds is 6. The fraction of sp³-hybridized carbons (Fsp3) is 0.217. The van der Waals surface area contributed by atoms with Crippen LogP contribution in [0.15, 0.2) is 59.7 Å². The fourth-order valence-corrected chi connectivity index (χ4v) is 4.41. The van der Waals surface area contributed by atoms with Crippen LogP contribution in [-0.2, 0) is 16.1 Å². The number of benzene rings is 2. The molecule has 1 amide bonds. The van der Waals surface area contributed by atoms with Crippen molar-refractivity contribution in [3.63, 3.8) is 0 Å². The van der Waals surface area contributed by atoms with Crippen LogP contribution in [-0.4, -0.2) is 39.9 Å². The Morgan fingerprint density at radius 2 is 1.94 bits per heavy atom. The number of nitrogens with zero attached hydrogens (tertiary/aromatic N) is 4. The fourth-order valence-electron chi connectivity index (χ4n) is 3.35. The number of para-hydroxylation sites is 1. The minimum atomic E-state index is -0.430. The molecule has 4 aromatic rings. The SMILES string of the molecule is CCOC(=O)Cn1c(=NC(=O)c2cnn(-c3ccccc3)c2C)sc2cc(OC)ccc21. The summed E-state index contributed by atoms with van der Waals surface area (Å²) < 4.78 is 14.6. The van der Waals surface area contributed by atoms with Gasteiger partial charge in [-0.05, 0) is 44.2 Å². The molecule has 2 aromatic heterocycles. The Hall–Kier alpha value is -3.72. The number of fused-ring (bicyclic) bond motifs is 1. The lowest BCUT2D eigenvalue weighted by Gasteiger charge is -2.06. The molecule has 0 aliphatic rings. The maximum absolute atomic E-state index is 13.1. The number of aromatic nitrogens is 3. The first kappa shape index (κ1) is 21.5. The van der Waals surface area contributed by atoms with Gasteiger partial charge in [-0.2, -0.15) is 10.1 Å². The van der Waals surface area contributed by atoms with Crippen molar-refractivity contribution in [2.24, 2.45) is 4.99 Å². The Bertz CT molecular complexity index is 1350. The molecule has 0 aliphatic carbocycles. The third kappa shape index (κ3) is 4.19. The summed E-state index contributed by atoms with van der Waals surface area (Å²) in [5.74, 6) is -0.148. The molecule has 0 atom stereocenters. The van der Waals surface area contributed by atoms with E-state index < -0.39 is 11.9 Å². The summed E-state index contributed by atoms with van der Waals surface area (Å²) >= 11 is 1.31. The molecule has 32 heavy (non-hydrogen) atoms. The number of esters is 1. The molecule has 8 nitrogen and oxygen atoms in total. The number of hydrogen-bond donors (Lipinski definition) is 0. The van der Waals surface area contributed by atoms with Gasteiger partial charge in [-0.15, -0.1) is 0 Å². The maximum Gasteiger partial charge on any atom is 0.326 e. The van der Waals surface area contributed by atoms with Crippen molar-refractivity contribution in [1.29, 1.82) is 0 Å². The molecule has 0 aliphatic heterocycles. The molecule has 2 heterocycles. The molecular weight excluding hydrogens is 428 g/mol. The molecule has 0 saturated carbocycles. The van der Waals surface area contributed by atoms with Gasteiger partial charge in [0.25, 0.3) is 5.91 Å². The Morgan fingerprint density at radius 1 is 1.16 bits per heavy atom. The van der Waals surface area contributed by atoms with Crippen molar-refractivity contribution in [1.82, 2.24) is 14.3 Å². The number of methoxy groups -OCH3 is 1. The molecule has 0 bridgehead atoms. The highest BCUT2D eigenvalue weighted by atomic mass is 32.1. The largest absolute Gasteiger partial charge is 0.497 e. The first-order valence-corrected chi connectivity index (χ1v) is 10.9. The first-order chi connectivity index (χ1) is 15.5. The minimum Gasteiger partial charge on any atom is -0.497 e. The summed E-state index contributed by atoms with van der Waals surface area (Å²) in [5, 5.41) is 4.35. The van der Waals surface area contributed by atoms with E-state index in [-0.39, 0.29) is 13.2 Å². The van der Waals surface area contributed by atoms with Gasteiger partial charge in [-0.25, -0.2) is 4.68 Å². The Morgan fingerprint density at radius 3 is 2.66 bits per heavy atom. The van der Waals surface area contributed by atoms with Gasteiger partial charge in [-0.1, -0.05) is 29.5 Å². The van der Waals surface area contributed by atoms with E-state index in [4.69, 9.17) is 9.47 Å². The standard InChI is InChI=1S/C23H22N4O4S/c1-4-31-21(28)14-26-19-11-10-17(30-3)12-20(19)32-23(26)25-22(29)18-13-24-27(15(18)2)16-8-6-5-7-9-16/h5-13H,4,14H2,1-3H3. The number of carbonyl (C=O) groups excluding carboxylic acids is 2. The third-order valence-electron chi connectivity index (χ3n) is 4.92. The van der Waals surface area contributed by atoms with E-state index in [9.17, 15) is 9.59 Å². The summed E-state index contributed by atoms with van der Waals surface area (Å²) in [4.78, 5) is 30.0. The van der Waals surface area contributed by atoms with Gasteiger partial charge >= 0.3 is 5.97 Å². The molecule has 4 rings (SSSR count). The van der Waals surface area contributed by atoms with Crippen LogP contribution in [0.25, 0.3) is 15.9 Å². The Kier molecular flexibility index (Phi) is 6.18. The van der Waals surface area contributed by atoms with Gasteiger partial charge < -0.3 is 14.0 Å². The number of amides is 1. The summed E-state index contributed by atoms with van der Waals surface area (Å²) in [6.45, 7) is 3.81. The first-order valence-electron chi connectivity index (χ1n) is 10.0. The van der Waals surface area contributed by atoms with Gasteiger partial charge in [0.2, 0.25) is 0 Å². The summed E-state index contributed by atoms with van der Waals surface area (Å²) in [6.07, 6.45) is 1.51. The highest BCUT2D eigenvalue weighted by Gasteiger charge is 2.17. The van der Waals surface area contributed by atoms with Crippen LogP contribution in [0.4, 0.5) is 0 Å². The van der Waals surface area contributed by atoms with Crippen LogP contribution in [0.2, 0.25) is 0 Å². The lowest BCUT2D eigenvalue weighted by atomic mass is 10.2. The molecule has 0 radical (unpaired) electrons. The second-order valence-corrected chi connectivity index (χ2v) is 7.93. The average molecular weight is 451 g/mol. The maximum atomic E-state index is 13.1. The van der Waals surface area contributed by atoms with Crippen LogP contribution in [0, 0.1) is 6.92 Å². The normalized spacial score (nSPS) is 11.7. The van der Waals surface area contributed by atoms with Gasteiger partial charge in [-0.3, -0.25) is 9.59 Å². The molecule has 0 saturated heterocycles. The van der Waals surface area contributed by atoms with E-state index in [1.54, 1.807) is 29.3 Å². The zero-order chi connectivity index (χ0) is 22.7. The predicted octanol–water partition coefficient (Wildman–Crippen LogP) is 3.51. The van der Waals surface area contributed by atoms with Crippen LogP contribution in [0.3, 0.4) is 0 Å². The highest BCUT2D eigenvalue weighted by Crippen LogP contribution is 2.23. The van der Waals surface area contributed by atoms with Crippen molar-refractivity contribution in [2.45, 2.75) is 20.4 Å². The lowest BCUT2D eigenvalue weighted by molar-refractivity contribution is -0.143. The Balaban J connectivity index is 1.78. The smallest absolute Gasteiger partial charge is 0.326 e. The molecule has 0 spiro atoms. The van der Waals surface area contributed by atoms with E-state index >= 15 is 0 Å². The zero-order valence-electron chi connectivity index (χ0n) is 17.9. The van der Waals surface area contributed by atoms with Crippen molar-refractivity contribution >= 4 is 33.4 Å². The van der Waals surface area contributed by atoms with Gasteiger partial charge in [0, 0.05) is 0 Å². The molecular formula is C23H22N4O4S. The average Bonchev–Trinajstić information content (AvgIpc) is 3.34. The van der Waals surface area contributed by atoms with E-state index in [1.807, 2.05) is 49.4 Å². The molecule has 0 unspecified atom stereocenters. The monoisotopic (exact) mass is 450 g/mol. The van der Waals surface area contributed by atoms with Gasteiger partial charge in [0.1, 0.15) is 12.3 Å². The van der Waals surface area contributed by atoms with E-state index in [2.05, 4.69) is 10.1 Å². The van der Waals surface area contributed by atoms with Crippen LogP contribution in [0.1, 0.15) is 23.0 Å². The zero-order valence-corrected chi connectivity index (χ0v) is 18.8. The summed E-state index contributed by atoms with van der Waals surface area (Å²) in [6, 6.07) is 15.1. The predicted molar refractivity (Wildman–Crippen MR) is 121 cm³/mol. The van der Waals surface area contributed by atoms with Crippen molar-refractivity contribution in [3.05, 3.63) is 70.8 Å². The topological polar surface area (TPSA) is 87.7 Å². The molecule has 0 fully saturated rings. The van der Waals surface area contributed by atoms with Crippen molar-refractivity contribution in [2.75, 3.05) is 13.7 Å². The van der Waals surface area contributed by atoms with Crippen LogP contribution in [0.5, 0.6) is 5.75 Å². The highest BCUT2D eigenvalue weighted by molar-refractivity contribution is 7.16. The van der Waals surface area contributed by atoms with Crippen LogP contribution >= 0.6 is 11.3 Å². The second-order valence-electron chi connectivity index (χ2n) is 6.92. The lowest BCUT2D eigenvalue weighted by Crippen LogP contribution is -2.23. The number of ether oxygens (including phenoxy) is 2. The van der Waals surface area contributed by atoms with Crippen molar-refractivity contribution in [3.8, 4) is 11.4 Å². The third-order valence-corrected chi connectivity index (χ3v) is 5.96. The minimum absolute atomic E-state index is 0.0471. The van der Waals surface area contributed by atoms with Crippen molar-refractivity contribution < 1.29 is 19.1 Å². The van der Waals surface area contributed by atoms with Gasteiger partial charge in [0.05, 0.1) is 47.1 Å². The Labute approximate surface area is 188 Å². The number of carbonyl (C=O) groups is 2. The van der Waals surface area contributed by atoms with Crippen LogP contribution < -0.4 is 9.54 Å². The van der Waals surface area contributed by atoms with Gasteiger partial charge in [0.15, 0.2) is 4.80 Å². The summed E-state index contributed by atoms with van der Waals surface area (Å²) in [5.41, 5.74) is 2.71. The molecule has 9 heteroatoms. The molecule has 2 aromatic carbocycles. The van der Waals surface area contributed by atoms with E-state index in [0.717, 1.165) is 15.9 Å². The molecule has 164 valence electrons. The van der Waals surface area contributed by atoms with E-state index in [0.29, 0.717) is 21.8 Å². The second kappa shape index (κ2) is 9.19. The van der Waals surface area contributed by atoms with E-state index in [1.165, 1.54) is 17.5 Å². The number of thiazole rings is 1. The quantitative estimate of drug-likeness (QED) is 0.420. The number of hydrogen-bond acceptors (Lipinski definition) is 6. The molecule has 0 N–H and O–H groups in total.